The molecular weight excluding hydrogens is 308 g/mol. The number of para-hydroxylation sites is 1. The highest BCUT2D eigenvalue weighted by molar-refractivity contribution is 5.82. The van der Waals surface area contributed by atoms with E-state index in [9.17, 15) is 9.90 Å². The summed E-state index contributed by atoms with van der Waals surface area (Å²) in [5.74, 6) is 0.779. The minimum atomic E-state index is -0.427. The van der Waals surface area contributed by atoms with E-state index >= 15 is 0 Å². The van der Waals surface area contributed by atoms with Gasteiger partial charge in [-0.15, -0.1) is 0 Å². The van der Waals surface area contributed by atoms with E-state index in [0.717, 1.165) is 31.8 Å². The maximum atomic E-state index is 12.5. The van der Waals surface area contributed by atoms with E-state index in [0.29, 0.717) is 32.2 Å². The van der Waals surface area contributed by atoms with Crippen molar-refractivity contribution in [3.05, 3.63) is 30.3 Å². The van der Waals surface area contributed by atoms with Gasteiger partial charge >= 0.3 is 0 Å². The summed E-state index contributed by atoms with van der Waals surface area (Å²) in [6.45, 7) is 2.93. The molecule has 1 amide bonds. The zero-order valence-electron chi connectivity index (χ0n) is 13.9. The SMILES string of the molecule is O=C(NCCOc1ccccc1)[C@@H]1C[C@@H](O)CN1C1CCOCC1. The van der Waals surface area contributed by atoms with Gasteiger partial charge in [0.25, 0.3) is 0 Å². The van der Waals surface area contributed by atoms with E-state index < -0.39 is 6.10 Å². The molecule has 6 nitrogen and oxygen atoms in total. The molecule has 2 heterocycles. The number of nitrogens with one attached hydrogen (secondary N) is 1. The van der Waals surface area contributed by atoms with Crippen molar-refractivity contribution < 1.29 is 19.4 Å². The monoisotopic (exact) mass is 334 g/mol. The number of rotatable bonds is 6. The number of benzene rings is 1. The third-order valence-corrected chi connectivity index (χ3v) is 4.69. The molecule has 2 aliphatic rings. The zero-order valence-corrected chi connectivity index (χ0v) is 13.9. The maximum absolute atomic E-state index is 12.5. The van der Waals surface area contributed by atoms with Crippen LogP contribution >= 0.6 is 0 Å². The lowest BCUT2D eigenvalue weighted by Crippen LogP contribution is -2.49. The molecule has 1 aromatic carbocycles. The molecule has 0 unspecified atom stereocenters. The van der Waals surface area contributed by atoms with Gasteiger partial charge in [0.05, 0.1) is 18.7 Å². The highest BCUT2D eigenvalue weighted by Crippen LogP contribution is 2.25. The Kier molecular flexibility index (Phi) is 6.07. The van der Waals surface area contributed by atoms with E-state index in [4.69, 9.17) is 9.47 Å². The van der Waals surface area contributed by atoms with Crippen LogP contribution in [0.15, 0.2) is 30.3 Å². The second-order valence-electron chi connectivity index (χ2n) is 6.40. The number of carbonyl (C=O) groups excluding carboxylic acids is 1. The fourth-order valence-corrected chi connectivity index (χ4v) is 3.49. The molecule has 0 bridgehead atoms. The van der Waals surface area contributed by atoms with Crippen LogP contribution in [-0.2, 0) is 9.53 Å². The topological polar surface area (TPSA) is 71.0 Å². The molecule has 2 aliphatic heterocycles. The Labute approximate surface area is 142 Å². The van der Waals surface area contributed by atoms with Crippen LogP contribution in [0.3, 0.4) is 0 Å². The summed E-state index contributed by atoms with van der Waals surface area (Å²) in [4.78, 5) is 14.7. The van der Waals surface area contributed by atoms with Gasteiger partial charge in [0.15, 0.2) is 0 Å². The Morgan fingerprint density at radius 2 is 2.04 bits per heavy atom. The second kappa shape index (κ2) is 8.46. The zero-order chi connectivity index (χ0) is 16.8. The van der Waals surface area contributed by atoms with Crippen LogP contribution < -0.4 is 10.1 Å². The van der Waals surface area contributed by atoms with E-state index in [1.165, 1.54) is 0 Å². The number of hydrogen-bond acceptors (Lipinski definition) is 5. The minimum Gasteiger partial charge on any atom is -0.492 e. The van der Waals surface area contributed by atoms with Gasteiger partial charge in [-0.3, -0.25) is 9.69 Å². The predicted molar refractivity (Wildman–Crippen MR) is 89.9 cm³/mol. The smallest absolute Gasteiger partial charge is 0.237 e. The molecule has 2 saturated heterocycles. The summed E-state index contributed by atoms with van der Waals surface area (Å²) in [6, 6.07) is 9.63. The van der Waals surface area contributed by atoms with Gasteiger partial charge < -0.3 is 19.9 Å². The Hall–Kier alpha value is -1.63. The van der Waals surface area contributed by atoms with Gasteiger partial charge in [0.1, 0.15) is 12.4 Å². The number of ether oxygens (including phenoxy) is 2. The summed E-state index contributed by atoms with van der Waals surface area (Å²) in [7, 11) is 0. The van der Waals surface area contributed by atoms with Crippen molar-refractivity contribution in [1.29, 1.82) is 0 Å². The van der Waals surface area contributed by atoms with Gasteiger partial charge in [-0.1, -0.05) is 18.2 Å². The van der Waals surface area contributed by atoms with Crippen LogP contribution in [0.5, 0.6) is 5.75 Å². The maximum Gasteiger partial charge on any atom is 0.237 e. The fraction of sp³-hybridized carbons (Fsp3) is 0.611. The van der Waals surface area contributed by atoms with Gasteiger partial charge in [-0.25, -0.2) is 0 Å². The van der Waals surface area contributed by atoms with Gasteiger partial charge in [-0.05, 0) is 31.4 Å². The van der Waals surface area contributed by atoms with Crippen LogP contribution in [0.4, 0.5) is 0 Å². The number of aliphatic hydroxyl groups is 1. The van der Waals surface area contributed by atoms with E-state index in [1.54, 1.807) is 0 Å². The van der Waals surface area contributed by atoms with Crippen LogP contribution in [0, 0.1) is 0 Å². The molecule has 0 aromatic heterocycles. The number of carbonyl (C=O) groups is 1. The molecule has 3 rings (SSSR count). The predicted octanol–water partition coefficient (Wildman–Crippen LogP) is 0.796. The number of aliphatic hydroxyl groups excluding tert-OH is 1. The molecule has 0 radical (unpaired) electrons. The molecule has 2 atom stereocenters. The van der Waals surface area contributed by atoms with Crippen molar-refractivity contribution in [2.75, 3.05) is 32.9 Å². The van der Waals surface area contributed by atoms with Crippen molar-refractivity contribution in [2.45, 2.75) is 37.5 Å². The highest BCUT2D eigenvalue weighted by atomic mass is 16.5. The molecule has 0 aliphatic carbocycles. The molecule has 2 fully saturated rings. The second-order valence-corrected chi connectivity index (χ2v) is 6.40. The quantitative estimate of drug-likeness (QED) is 0.753. The molecule has 0 spiro atoms. The third kappa shape index (κ3) is 4.47. The molecule has 6 heteroatoms. The fourth-order valence-electron chi connectivity index (χ4n) is 3.49. The Morgan fingerprint density at radius 1 is 1.29 bits per heavy atom. The van der Waals surface area contributed by atoms with Crippen molar-refractivity contribution in [2.24, 2.45) is 0 Å². The van der Waals surface area contributed by atoms with Crippen molar-refractivity contribution in [3.8, 4) is 5.75 Å². The first kappa shape index (κ1) is 17.2. The average molecular weight is 334 g/mol. The number of amides is 1. The first-order valence-electron chi connectivity index (χ1n) is 8.71. The summed E-state index contributed by atoms with van der Waals surface area (Å²) in [5, 5.41) is 12.9. The first-order valence-corrected chi connectivity index (χ1v) is 8.71. The third-order valence-electron chi connectivity index (χ3n) is 4.69. The van der Waals surface area contributed by atoms with Crippen molar-refractivity contribution in [1.82, 2.24) is 10.2 Å². The summed E-state index contributed by atoms with van der Waals surface area (Å²) < 4.78 is 11.0. The highest BCUT2D eigenvalue weighted by Gasteiger charge is 2.39. The number of hydrogen-bond donors (Lipinski definition) is 2. The van der Waals surface area contributed by atoms with Crippen molar-refractivity contribution in [3.63, 3.8) is 0 Å². The molecule has 0 saturated carbocycles. The molecule has 132 valence electrons. The first-order chi connectivity index (χ1) is 11.7. The Balaban J connectivity index is 1.45. The molecule has 1 aromatic rings. The number of likely N-dealkylation sites (tertiary alicyclic amines) is 1. The van der Waals surface area contributed by atoms with Gasteiger partial charge in [0.2, 0.25) is 5.91 Å². The van der Waals surface area contributed by atoms with E-state index in [-0.39, 0.29) is 11.9 Å². The average Bonchev–Trinajstić information content (AvgIpc) is 3.02. The Bertz CT molecular complexity index is 519. The normalized spacial score (nSPS) is 25.5. The number of β-amino-alcohol motifs (C(OH)–C–C–N with tert-alkyl or cyclic N) is 1. The van der Waals surface area contributed by atoms with Crippen LogP contribution in [-0.4, -0.2) is 67.0 Å². The van der Waals surface area contributed by atoms with Crippen LogP contribution in [0.25, 0.3) is 0 Å². The lowest BCUT2D eigenvalue weighted by molar-refractivity contribution is -0.127. The minimum absolute atomic E-state index is 0.0188. The standard InChI is InChI=1S/C18H26N2O4/c21-15-12-17(20(13-15)14-6-9-23-10-7-14)18(22)19-8-11-24-16-4-2-1-3-5-16/h1-5,14-15,17,21H,6-13H2,(H,19,22)/t15-,17+/m1/s1. The molecule has 2 N–H and O–H groups in total. The largest absolute Gasteiger partial charge is 0.492 e. The number of nitrogens with zero attached hydrogens (tertiary/aromatic N) is 1. The van der Waals surface area contributed by atoms with Gasteiger partial charge in [0, 0.05) is 25.8 Å². The summed E-state index contributed by atoms with van der Waals surface area (Å²) >= 11 is 0. The van der Waals surface area contributed by atoms with Crippen LogP contribution in [0.1, 0.15) is 19.3 Å². The van der Waals surface area contributed by atoms with Gasteiger partial charge in [-0.2, -0.15) is 0 Å². The lowest BCUT2D eigenvalue weighted by Gasteiger charge is -2.34. The van der Waals surface area contributed by atoms with E-state index in [1.807, 2.05) is 30.3 Å². The van der Waals surface area contributed by atoms with Crippen molar-refractivity contribution >= 4 is 5.91 Å². The van der Waals surface area contributed by atoms with E-state index in [2.05, 4.69) is 10.2 Å². The molecular formula is C18H26N2O4. The molecule has 24 heavy (non-hydrogen) atoms. The lowest BCUT2D eigenvalue weighted by atomic mass is 10.1. The summed E-state index contributed by atoms with van der Waals surface area (Å²) in [6.07, 6.45) is 1.92. The van der Waals surface area contributed by atoms with Crippen LogP contribution in [0.2, 0.25) is 0 Å². The summed E-state index contributed by atoms with van der Waals surface area (Å²) in [5.41, 5.74) is 0. The Morgan fingerprint density at radius 3 is 2.79 bits per heavy atom.